The molecule has 2 aromatic rings. The van der Waals surface area contributed by atoms with E-state index in [9.17, 15) is 4.79 Å². The molecule has 2 aromatic carbocycles. The Kier molecular flexibility index (Phi) is 10.2. The van der Waals surface area contributed by atoms with Crippen molar-refractivity contribution < 1.29 is 26.8 Å². The van der Waals surface area contributed by atoms with Gasteiger partial charge in [0.05, 0.1) is 26.2 Å². The summed E-state index contributed by atoms with van der Waals surface area (Å²) in [5.41, 5.74) is 2.61. The van der Waals surface area contributed by atoms with E-state index in [2.05, 4.69) is 57.6 Å². The van der Waals surface area contributed by atoms with E-state index in [0.717, 1.165) is 23.1 Å². The fourth-order valence-electron chi connectivity index (χ4n) is 2.25. The van der Waals surface area contributed by atoms with Crippen LogP contribution >= 0.6 is 0 Å². The van der Waals surface area contributed by atoms with Gasteiger partial charge in [0.25, 0.3) is 0 Å². The van der Waals surface area contributed by atoms with Crippen LogP contribution in [0.3, 0.4) is 0 Å². The summed E-state index contributed by atoms with van der Waals surface area (Å²) >= 11 is 0. The van der Waals surface area contributed by atoms with Crippen LogP contribution in [-0.4, -0.2) is 36.2 Å². The highest BCUT2D eigenvalue weighted by Gasteiger charge is 2.12. The van der Waals surface area contributed by atoms with E-state index < -0.39 is 5.97 Å². The van der Waals surface area contributed by atoms with Crippen LogP contribution < -0.4 is 12.4 Å². The molecule has 1 N–H and O–H groups in total. The van der Waals surface area contributed by atoms with Gasteiger partial charge in [-0.3, -0.25) is 0 Å². The molecule has 0 bridgehead atoms. The SMILES string of the molecule is C=CC[N+](C)(C)Cc1ccccc1.C=Cc1ccc(C(=O)O)cc1.[Cl-]. The Morgan fingerprint density at radius 2 is 1.60 bits per heavy atom. The van der Waals surface area contributed by atoms with E-state index in [1.807, 2.05) is 6.08 Å². The van der Waals surface area contributed by atoms with Crippen molar-refractivity contribution in [3.63, 3.8) is 0 Å². The number of benzene rings is 2. The summed E-state index contributed by atoms with van der Waals surface area (Å²) in [6.45, 7) is 9.40. The molecule has 0 aliphatic carbocycles. The normalized spacial score (nSPS) is 9.84. The molecular formula is C21H26ClNO2. The first-order valence-corrected chi connectivity index (χ1v) is 7.80. The Hall–Kier alpha value is -2.36. The number of halogens is 1. The third kappa shape index (κ3) is 8.89. The van der Waals surface area contributed by atoms with Crippen molar-refractivity contribution in [3.8, 4) is 0 Å². The number of hydrogen-bond acceptors (Lipinski definition) is 1. The fraction of sp³-hybridized carbons (Fsp3) is 0.190. The highest BCUT2D eigenvalue weighted by molar-refractivity contribution is 5.87. The number of carboxylic acids is 1. The topological polar surface area (TPSA) is 37.3 Å². The molecule has 0 fully saturated rings. The molecule has 0 atom stereocenters. The van der Waals surface area contributed by atoms with Gasteiger partial charge in [0.1, 0.15) is 6.54 Å². The van der Waals surface area contributed by atoms with Crippen molar-refractivity contribution in [2.75, 3.05) is 20.6 Å². The first-order valence-electron chi connectivity index (χ1n) is 7.80. The Morgan fingerprint density at radius 3 is 2.04 bits per heavy atom. The lowest BCUT2D eigenvalue weighted by molar-refractivity contribution is -0.897. The Labute approximate surface area is 156 Å². The largest absolute Gasteiger partial charge is 1.00 e. The second-order valence-electron chi connectivity index (χ2n) is 6.18. The fourth-order valence-corrected chi connectivity index (χ4v) is 2.25. The first-order chi connectivity index (χ1) is 11.4. The summed E-state index contributed by atoms with van der Waals surface area (Å²) in [7, 11) is 4.43. The lowest BCUT2D eigenvalue weighted by Crippen LogP contribution is -3.00. The van der Waals surface area contributed by atoms with Gasteiger partial charge in [-0.2, -0.15) is 0 Å². The van der Waals surface area contributed by atoms with Gasteiger partial charge >= 0.3 is 5.97 Å². The molecular weight excluding hydrogens is 334 g/mol. The molecule has 25 heavy (non-hydrogen) atoms. The minimum atomic E-state index is -0.902. The molecule has 0 aliphatic heterocycles. The van der Waals surface area contributed by atoms with Crippen LogP contribution in [0.1, 0.15) is 21.5 Å². The van der Waals surface area contributed by atoms with E-state index in [1.165, 1.54) is 5.56 Å². The number of carbonyl (C=O) groups is 1. The maximum atomic E-state index is 10.4. The third-order valence-corrected chi connectivity index (χ3v) is 3.47. The van der Waals surface area contributed by atoms with Gasteiger partial charge in [-0.05, 0) is 23.8 Å². The van der Waals surface area contributed by atoms with Crippen molar-refractivity contribution in [2.45, 2.75) is 6.54 Å². The molecule has 0 unspecified atom stereocenters. The average molecular weight is 360 g/mol. The van der Waals surface area contributed by atoms with E-state index in [1.54, 1.807) is 30.3 Å². The van der Waals surface area contributed by atoms with Crippen molar-refractivity contribution in [2.24, 2.45) is 0 Å². The van der Waals surface area contributed by atoms with Crippen LogP contribution in [0.15, 0.2) is 73.8 Å². The summed E-state index contributed by atoms with van der Waals surface area (Å²) in [5, 5.41) is 8.52. The molecule has 0 aromatic heterocycles. The number of aromatic carboxylic acids is 1. The predicted molar refractivity (Wildman–Crippen MR) is 101 cm³/mol. The lowest BCUT2D eigenvalue weighted by atomic mass is 10.1. The van der Waals surface area contributed by atoms with Gasteiger partial charge in [0.2, 0.25) is 0 Å². The number of likely N-dealkylation sites (N-methyl/N-ethyl adjacent to an activating group) is 1. The number of carboxylic acid groups (broad SMARTS) is 1. The zero-order valence-corrected chi connectivity index (χ0v) is 15.6. The number of hydrogen-bond donors (Lipinski definition) is 1. The first kappa shape index (κ1) is 22.6. The molecule has 0 spiro atoms. The minimum absolute atomic E-state index is 0. The maximum Gasteiger partial charge on any atom is 0.335 e. The molecule has 134 valence electrons. The van der Waals surface area contributed by atoms with E-state index in [4.69, 9.17) is 5.11 Å². The van der Waals surface area contributed by atoms with Gasteiger partial charge in [-0.15, -0.1) is 0 Å². The Balaban J connectivity index is 0.000000449. The monoisotopic (exact) mass is 359 g/mol. The Morgan fingerprint density at radius 1 is 1.04 bits per heavy atom. The summed E-state index contributed by atoms with van der Waals surface area (Å²) in [6, 6.07) is 17.1. The van der Waals surface area contributed by atoms with Gasteiger partial charge < -0.3 is 22.0 Å². The Bertz CT molecular complexity index is 664. The van der Waals surface area contributed by atoms with Crippen molar-refractivity contribution in [1.29, 1.82) is 0 Å². The molecule has 3 nitrogen and oxygen atoms in total. The van der Waals surface area contributed by atoms with E-state index in [-0.39, 0.29) is 12.4 Å². The zero-order chi connectivity index (χ0) is 18.0. The van der Waals surface area contributed by atoms with Crippen LogP contribution in [0.4, 0.5) is 0 Å². The van der Waals surface area contributed by atoms with Crippen molar-refractivity contribution >= 4 is 12.0 Å². The van der Waals surface area contributed by atoms with Gasteiger partial charge in [0.15, 0.2) is 0 Å². The molecule has 0 aliphatic rings. The van der Waals surface area contributed by atoms with Crippen LogP contribution in [0.5, 0.6) is 0 Å². The van der Waals surface area contributed by atoms with Crippen LogP contribution in [0.2, 0.25) is 0 Å². The van der Waals surface area contributed by atoms with Crippen LogP contribution in [0.25, 0.3) is 6.08 Å². The molecule has 4 heteroatoms. The zero-order valence-electron chi connectivity index (χ0n) is 14.9. The summed E-state index contributed by atoms with van der Waals surface area (Å²) in [6.07, 6.45) is 3.65. The molecule has 0 saturated heterocycles. The van der Waals surface area contributed by atoms with Crippen molar-refractivity contribution in [1.82, 2.24) is 0 Å². The standard InChI is InChI=1S/C12H18N.C9H8O2.ClH/c1-4-10-13(2,3)11-12-8-6-5-7-9-12;1-2-7-3-5-8(6-4-7)9(10)11;/h4-9H,1,10-11H2,2-3H3;2-6H,1H2,(H,10,11);1H/q+1;;/p-1. The molecule has 0 amide bonds. The van der Waals surface area contributed by atoms with Gasteiger partial charge in [0, 0.05) is 5.56 Å². The predicted octanol–water partition coefficient (Wildman–Crippen LogP) is 1.48. The number of quaternary nitrogens is 1. The average Bonchev–Trinajstić information content (AvgIpc) is 2.56. The van der Waals surface area contributed by atoms with E-state index in [0.29, 0.717) is 5.56 Å². The van der Waals surface area contributed by atoms with Gasteiger partial charge in [-0.25, -0.2) is 4.79 Å². The molecule has 0 heterocycles. The molecule has 2 rings (SSSR count). The highest BCUT2D eigenvalue weighted by atomic mass is 35.5. The highest BCUT2D eigenvalue weighted by Crippen LogP contribution is 2.08. The molecule has 0 saturated carbocycles. The van der Waals surface area contributed by atoms with Crippen LogP contribution in [0, 0.1) is 0 Å². The van der Waals surface area contributed by atoms with Crippen LogP contribution in [-0.2, 0) is 6.54 Å². The maximum absolute atomic E-state index is 10.4. The molecule has 0 radical (unpaired) electrons. The lowest BCUT2D eigenvalue weighted by Gasteiger charge is -2.28. The van der Waals surface area contributed by atoms with E-state index >= 15 is 0 Å². The smallest absolute Gasteiger partial charge is 0.335 e. The quantitative estimate of drug-likeness (QED) is 0.626. The number of rotatable bonds is 6. The summed E-state index contributed by atoms with van der Waals surface area (Å²) < 4.78 is 0.966. The summed E-state index contributed by atoms with van der Waals surface area (Å²) in [4.78, 5) is 10.4. The minimum Gasteiger partial charge on any atom is -1.00 e. The summed E-state index contributed by atoms with van der Waals surface area (Å²) in [5.74, 6) is -0.902. The number of nitrogens with zero attached hydrogens (tertiary/aromatic N) is 1. The van der Waals surface area contributed by atoms with Crippen molar-refractivity contribution in [3.05, 3.63) is 90.5 Å². The van der Waals surface area contributed by atoms with Gasteiger partial charge in [-0.1, -0.05) is 61.7 Å². The second kappa shape index (κ2) is 11.2. The second-order valence-corrected chi connectivity index (χ2v) is 6.18. The third-order valence-electron chi connectivity index (χ3n) is 3.47.